The molecule has 6 rings (SSSR count). The van der Waals surface area contributed by atoms with Gasteiger partial charge in [-0.2, -0.15) is 0 Å². The van der Waals surface area contributed by atoms with E-state index in [4.69, 9.17) is 19.2 Å². The maximum atomic E-state index is 13.3. The van der Waals surface area contributed by atoms with Crippen LogP contribution in [0.3, 0.4) is 0 Å². The van der Waals surface area contributed by atoms with Crippen molar-refractivity contribution in [2.45, 2.75) is 24.5 Å². The Morgan fingerprint density at radius 3 is 2.32 bits per heavy atom. The fourth-order valence-electron chi connectivity index (χ4n) is 5.10. The number of ether oxygens (including phenoxy) is 3. The van der Waals surface area contributed by atoms with Gasteiger partial charge in [-0.15, -0.1) is 11.8 Å². The van der Waals surface area contributed by atoms with E-state index in [-0.39, 0.29) is 24.7 Å². The second kappa shape index (κ2) is 11.5. The fraction of sp³-hybridized carbons (Fsp3) is 0.182. The van der Waals surface area contributed by atoms with Crippen LogP contribution in [-0.2, 0) is 31.4 Å². The molecule has 0 N–H and O–H groups in total. The number of pyridine rings is 1. The van der Waals surface area contributed by atoms with Crippen LogP contribution in [0.1, 0.15) is 37.5 Å². The molecule has 206 valence electrons. The maximum Gasteiger partial charge on any atom is 0.347 e. The number of aldehydes is 1. The number of benzene rings is 3. The summed E-state index contributed by atoms with van der Waals surface area (Å²) < 4.78 is 19.8. The van der Waals surface area contributed by atoms with Crippen LogP contribution in [0.2, 0.25) is 0 Å². The number of rotatable bonds is 8. The molecule has 5 aromatic rings. The predicted molar refractivity (Wildman–Crippen MR) is 159 cm³/mol. The minimum atomic E-state index is -0.572. The van der Waals surface area contributed by atoms with Crippen LogP contribution in [-0.4, -0.2) is 34.7 Å². The molecular weight excluding hydrogens is 536 g/mol. The first-order valence-electron chi connectivity index (χ1n) is 13.3. The van der Waals surface area contributed by atoms with Crippen LogP contribution in [0.4, 0.5) is 0 Å². The molecule has 2 aromatic heterocycles. The van der Waals surface area contributed by atoms with Crippen LogP contribution >= 0.6 is 11.8 Å². The molecule has 7 nitrogen and oxygen atoms in total. The average molecular weight is 565 g/mol. The summed E-state index contributed by atoms with van der Waals surface area (Å²) in [5.41, 5.74) is 6.07. The molecule has 0 unspecified atom stereocenters. The number of carbonyl (C=O) groups is 2. The van der Waals surface area contributed by atoms with E-state index >= 15 is 0 Å². The molecule has 1 aliphatic heterocycles. The lowest BCUT2D eigenvalue weighted by atomic mass is 9.99. The molecule has 0 saturated heterocycles. The number of nitrogens with zero attached hydrogens (tertiary/aromatic N) is 2. The normalized spacial score (nSPS) is 12.2. The van der Waals surface area contributed by atoms with Gasteiger partial charge in [0.15, 0.2) is 11.8 Å². The lowest BCUT2D eigenvalue weighted by Crippen LogP contribution is -2.14. The van der Waals surface area contributed by atoms with Crippen molar-refractivity contribution >= 4 is 34.9 Å². The van der Waals surface area contributed by atoms with Crippen molar-refractivity contribution in [2.75, 3.05) is 12.9 Å². The molecule has 0 spiro atoms. The summed E-state index contributed by atoms with van der Waals surface area (Å²) in [4.78, 5) is 30.9. The van der Waals surface area contributed by atoms with Gasteiger partial charge >= 0.3 is 5.97 Å². The van der Waals surface area contributed by atoms with Crippen molar-refractivity contribution in [3.8, 4) is 22.9 Å². The summed E-state index contributed by atoms with van der Waals surface area (Å²) in [6.45, 7) is 0.483. The topological polar surface area (TPSA) is 79.7 Å². The van der Waals surface area contributed by atoms with Crippen LogP contribution in [0.15, 0.2) is 83.8 Å². The number of hydrogen-bond acceptors (Lipinski definition) is 7. The number of hydrogen-bond donors (Lipinski definition) is 0. The highest BCUT2D eigenvalue weighted by Gasteiger charge is 2.31. The molecule has 0 amide bonds. The molecule has 3 aromatic carbocycles. The van der Waals surface area contributed by atoms with Gasteiger partial charge in [-0.3, -0.25) is 4.79 Å². The minimum absolute atomic E-state index is 0.155. The number of aryl methyl sites for hydroxylation is 1. The number of methoxy groups -OCH3 is 1. The van der Waals surface area contributed by atoms with Crippen molar-refractivity contribution in [1.29, 1.82) is 0 Å². The molecule has 0 radical (unpaired) electrons. The number of fused-ring (bicyclic) bond motifs is 4. The monoisotopic (exact) mass is 564 g/mol. The van der Waals surface area contributed by atoms with Gasteiger partial charge in [0.2, 0.25) is 5.88 Å². The minimum Gasteiger partial charge on any atom is -0.487 e. The molecular formula is C33H28N2O5S. The Hall–Kier alpha value is -4.56. The van der Waals surface area contributed by atoms with E-state index in [1.54, 1.807) is 11.8 Å². The molecule has 41 heavy (non-hydrogen) atoms. The van der Waals surface area contributed by atoms with Gasteiger partial charge in [-0.05, 0) is 35.7 Å². The average Bonchev–Trinajstić information content (AvgIpc) is 3.21. The quantitative estimate of drug-likeness (QED) is 0.154. The zero-order valence-electron chi connectivity index (χ0n) is 22.8. The van der Waals surface area contributed by atoms with Gasteiger partial charge in [-0.1, -0.05) is 60.7 Å². The summed E-state index contributed by atoms with van der Waals surface area (Å²) in [5, 5.41) is 0.930. The van der Waals surface area contributed by atoms with Gasteiger partial charge in [0.05, 0.1) is 18.5 Å². The molecule has 0 aliphatic carbocycles. The Kier molecular flexibility index (Phi) is 7.48. The Bertz CT molecular complexity index is 1750. The summed E-state index contributed by atoms with van der Waals surface area (Å²) in [6.07, 6.45) is 1.49. The van der Waals surface area contributed by atoms with Gasteiger partial charge in [0, 0.05) is 39.7 Å². The highest BCUT2D eigenvalue weighted by molar-refractivity contribution is 7.99. The predicted octanol–water partition coefficient (Wildman–Crippen LogP) is 6.65. The zero-order chi connectivity index (χ0) is 28.3. The Morgan fingerprint density at radius 1 is 0.976 bits per heavy atom. The second-order valence-corrected chi connectivity index (χ2v) is 10.9. The third kappa shape index (κ3) is 5.18. The summed E-state index contributed by atoms with van der Waals surface area (Å²) >= 11 is 1.71. The Balaban J connectivity index is 1.55. The molecule has 3 heterocycles. The lowest BCUT2D eigenvalue weighted by Gasteiger charge is -2.20. The first-order chi connectivity index (χ1) is 20.1. The largest absolute Gasteiger partial charge is 0.487 e. The molecule has 0 bridgehead atoms. The highest BCUT2D eigenvalue weighted by atomic mass is 32.2. The van der Waals surface area contributed by atoms with E-state index in [9.17, 15) is 9.59 Å². The SMILES string of the molecule is COC(=O)c1c(OCc2ccccc2)nc2c(c1OCc1ccccc1)CCSc1cc3c(cc1-2)cc(C=O)n3C. The molecule has 0 saturated carbocycles. The van der Waals surface area contributed by atoms with Crippen LogP contribution < -0.4 is 9.47 Å². The standard InChI is InChI=1S/C33H28N2O5S/c1-35-24(18-36)15-23-16-26-28(17-27(23)35)41-14-13-25-30(26)34-32(40-20-22-11-7-4-8-12-22)29(33(37)38-2)31(25)39-19-21-9-5-3-6-10-21/h3-12,15-18H,13-14,19-20H2,1-2H3. The number of aromatic nitrogens is 2. The van der Waals surface area contributed by atoms with Gasteiger partial charge in [0.25, 0.3) is 0 Å². The summed E-state index contributed by atoms with van der Waals surface area (Å²) in [5.74, 6) is 0.758. The van der Waals surface area contributed by atoms with Crippen molar-refractivity contribution < 1.29 is 23.8 Å². The van der Waals surface area contributed by atoms with Gasteiger partial charge in [-0.25, -0.2) is 9.78 Å². The van der Waals surface area contributed by atoms with Gasteiger partial charge in [0.1, 0.15) is 19.0 Å². The molecule has 0 atom stereocenters. The second-order valence-electron chi connectivity index (χ2n) is 9.74. The maximum absolute atomic E-state index is 13.3. The van der Waals surface area contributed by atoms with Crippen LogP contribution in [0.5, 0.6) is 11.6 Å². The van der Waals surface area contributed by atoms with Gasteiger partial charge < -0.3 is 18.8 Å². The third-order valence-corrected chi connectivity index (χ3v) is 8.27. The van der Waals surface area contributed by atoms with Crippen molar-refractivity contribution in [3.05, 3.63) is 107 Å². The first kappa shape index (κ1) is 26.7. The van der Waals surface area contributed by atoms with Crippen molar-refractivity contribution in [1.82, 2.24) is 9.55 Å². The molecule has 0 fully saturated rings. The molecule has 1 aliphatic rings. The van der Waals surface area contributed by atoms with Crippen LogP contribution in [0, 0.1) is 0 Å². The van der Waals surface area contributed by atoms with E-state index in [0.717, 1.165) is 50.1 Å². The lowest BCUT2D eigenvalue weighted by molar-refractivity contribution is 0.0588. The zero-order valence-corrected chi connectivity index (χ0v) is 23.6. The van der Waals surface area contributed by atoms with Crippen molar-refractivity contribution in [2.24, 2.45) is 7.05 Å². The third-order valence-electron chi connectivity index (χ3n) is 7.21. The Morgan fingerprint density at radius 2 is 1.66 bits per heavy atom. The van der Waals surface area contributed by atoms with E-state index < -0.39 is 5.97 Å². The van der Waals surface area contributed by atoms with E-state index in [1.807, 2.05) is 78.3 Å². The number of thioether (sulfide) groups is 1. The smallest absolute Gasteiger partial charge is 0.347 e. The van der Waals surface area contributed by atoms with Crippen LogP contribution in [0.25, 0.3) is 22.2 Å². The van der Waals surface area contributed by atoms with E-state index in [2.05, 4.69) is 12.1 Å². The number of carbonyl (C=O) groups excluding carboxylic acids is 2. The molecule has 8 heteroatoms. The fourth-order valence-corrected chi connectivity index (χ4v) is 6.14. The van der Waals surface area contributed by atoms with E-state index in [0.29, 0.717) is 23.6 Å². The van der Waals surface area contributed by atoms with Crippen molar-refractivity contribution in [3.63, 3.8) is 0 Å². The number of esters is 1. The summed E-state index contributed by atoms with van der Waals surface area (Å²) in [7, 11) is 3.23. The van der Waals surface area contributed by atoms with E-state index in [1.165, 1.54) is 7.11 Å². The Labute approximate surface area is 242 Å². The summed E-state index contributed by atoms with van der Waals surface area (Å²) in [6, 6.07) is 25.6. The highest BCUT2D eigenvalue weighted by Crippen LogP contribution is 2.45. The first-order valence-corrected chi connectivity index (χ1v) is 14.3.